The Bertz CT molecular complexity index is 408. The number of rotatable bonds is 2. The lowest BCUT2D eigenvalue weighted by molar-refractivity contribution is 0.0310. The van der Waals surface area contributed by atoms with Crippen LogP contribution in [0.5, 0.6) is 0 Å². The number of hydrogen-bond acceptors (Lipinski definition) is 2. The summed E-state index contributed by atoms with van der Waals surface area (Å²) in [5.41, 5.74) is 4.14. The zero-order valence-electron chi connectivity index (χ0n) is 11.4. The Balaban J connectivity index is 1.77. The number of fused-ring (bicyclic) bond motifs is 2. The smallest absolute Gasteiger partial charge is 0.0570 e. The fourth-order valence-corrected chi connectivity index (χ4v) is 3.87. The Kier molecular flexibility index (Phi) is 3.16. The van der Waals surface area contributed by atoms with E-state index in [-0.39, 0.29) is 6.10 Å². The lowest BCUT2D eigenvalue weighted by Gasteiger charge is -2.37. The second-order valence-electron chi connectivity index (χ2n) is 6.18. The number of aliphatic hydroxyl groups is 1. The summed E-state index contributed by atoms with van der Waals surface area (Å²) in [6, 6.07) is 8.06. The molecule has 0 aromatic heterocycles. The Morgan fingerprint density at radius 3 is 2.17 bits per heavy atom. The molecule has 2 heteroatoms. The highest BCUT2D eigenvalue weighted by Crippen LogP contribution is 2.36. The van der Waals surface area contributed by atoms with Crippen molar-refractivity contribution in [1.29, 1.82) is 0 Å². The Morgan fingerprint density at radius 2 is 1.61 bits per heavy atom. The number of aliphatic hydroxyl groups excluding tert-OH is 1. The lowest BCUT2D eigenvalue weighted by Crippen LogP contribution is -2.44. The van der Waals surface area contributed by atoms with Gasteiger partial charge in [-0.05, 0) is 45.1 Å². The first kappa shape index (κ1) is 12.2. The van der Waals surface area contributed by atoms with Gasteiger partial charge in [0.05, 0.1) is 6.10 Å². The third-order valence-electron chi connectivity index (χ3n) is 4.51. The quantitative estimate of drug-likeness (QED) is 0.866. The average molecular weight is 245 g/mol. The third-order valence-corrected chi connectivity index (χ3v) is 4.51. The summed E-state index contributed by atoms with van der Waals surface area (Å²) in [4.78, 5) is 2.63. The SMILES string of the molecule is Cc1cc(C)cc(CN2C3CCC2CC(O)C3)c1. The van der Waals surface area contributed by atoms with Crippen LogP contribution < -0.4 is 0 Å². The maximum Gasteiger partial charge on any atom is 0.0570 e. The molecular formula is C16H23NO. The summed E-state index contributed by atoms with van der Waals surface area (Å²) < 4.78 is 0. The first-order valence-electron chi connectivity index (χ1n) is 7.13. The summed E-state index contributed by atoms with van der Waals surface area (Å²) >= 11 is 0. The summed E-state index contributed by atoms with van der Waals surface area (Å²) in [7, 11) is 0. The lowest BCUT2D eigenvalue weighted by atomic mass is 9.98. The summed E-state index contributed by atoms with van der Waals surface area (Å²) in [6.45, 7) is 5.40. The minimum atomic E-state index is -0.0574. The fourth-order valence-electron chi connectivity index (χ4n) is 3.87. The normalized spacial score (nSPS) is 31.8. The molecular weight excluding hydrogens is 222 g/mol. The number of piperidine rings is 1. The van der Waals surface area contributed by atoms with E-state index in [1.54, 1.807) is 0 Å². The van der Waals surface area contributed by atoms with Gasteiger partial charge in [0.25, 0.3) is 0 Å². The van der Waals surface area contributed by atoms with Crippen LogP contribution >= 0.6 is 0 Å². The van der Waals surface area contributed by atoms with E-state index in [9.17, 15) is 5.11 Å². The van der Waals surface area contributed by atoms with Gasteiger partial charge < -0.3 is 5.11 Å². The summed E-state index contributed by atoms with van der Waals surface area (Å²) in [6.07, 6.45) is 4.43. The molecule has 0 spiro atoms. The van der Waals surface area contributed by atoms with Crippen LogP contribution in [0.25, 0.3) is 0 Å². The maximum atomic E-state index is 9.84. The van der Waals surface area contributed by atoms with Crippen LogP contribution in [0.3, 0.4) is 0 Å². The van der Waals surface area contributed by atoms with E-state index < -0.39 is 0 Å². The topological polar surface area (TPSA) is 23.5 Å². The van der Waals surface area contributed by atoms with Gasteiger partial charge in [0.15, 0.2) is 0 Å². The van der Waals surface area contributed by atoms with E-state index in [2.05, 4.69) is 36.9 Å². The molecule has 0 aliphatic carbocycles. The van der Waals surface area contributed by atoms with Crippen LogP contribution in [0.15, 0.2) is 18.2 Å². The molecule has 0 radical (unpaired) electrons. The molecule has 2 fully saturated rings. The van der Waals surface area contributed by atoms with Crippen LogP contribution in [0, 0.1) is 13.8 Å². The van der Waals surface area contributed by atoms with E-state index in [1.165, 1.54) is 29.5 Å². The molecule has 98 valence electrons. The zero-order chi connectivity index (χ0) is 12.7. The highest BCUT2D eigenvalue weighted by atomic mass is 16.3. The molecule has 2 aliphatic heterocycles. The van der Waals surface area contributed by atoms with Crippen LogP contribution in [-0.4, -0.2) is 28.2 Å². The molecule has 1 aromatic rings. The van der Waals surface area contributed by atoms with Crippen molar-refractivity contribution < 1.29 is 5.11 Å². The zero-order valence-corrected chi connectivity index (χ0v) is 11.4. The predicted molar refractivity (Wildman–Crippen MR) is 73.5 cm³/mol. The van der Waals surface area contributed by atoms with Crippen molar-refractivity contribution in [2.45, 2.75) is 64.3 Å². The van der Waals surface area contributed by atoms with Gasteiger partial charge in [-0.25, -0.2) is 0 Å². The van der Waals surface area contributed by atoms with E-state index in [1.807, 2.05) is 0 Å². The maximum absolute atomic E-state index is 9.84. The molecule has 0 amide bonds. The van der Waals surface area contributed by atoms with Crippen molar-refractivity contribution >= 4 is 0 Å². The fraction of sp³-hybridized carbons (Fsp3) is 0.625. The van der Waals surface area contributed by atoms with Crippen molar-refractivity contribution in [2.24, 2.45) is 0 Å². The van der Waals surface area contributed by atoms with Crippen molar-refractivity contribution in [2.75, 3.05) is 0 Å². The largest absolute Gasteiger partial charge is 0.393 e. The number of aryl methyl sites for hydroxylation is 2. The summed E-state index contributed by atoms with van der Waals surface area (Å²) in [5.74, 6) is 0. The van der Waals surface area contributed by atoms with Crippen molar-refractivity contribution in [1.82, 2.24) is 4.90 Å². The van der Waals surface area contributed by atoms with Gasteiger partial charge in [0, 0.05) is 18.6 Å². The monoisotopic (exact) mass is 245 g/mol. The van der Waals surface area contributed by atoms with Crippen LogP contribution in [0.2, 0.25) is 0 Å². The second-order valence-corrected chi connectivity index (χ2v) is 6.18. The van der Waals surface area contributed by atoms with Crippen LogP contribution in [0.4, 0.5) is 0 Å². The molecule has 2 aliphatic rings. The number of nitrogens with zero attached hydrogens (tertiary/aromatic N) is 1. The Hall–Kier alpha value is -0.860. The molecule has 1 N–H and O–H groups in total. The highest BCUT2D eigenvalue weighted by molar-refractivity contribution is 5.28. The molecule has 2 bridgehead atoms. The molecule has 3 rings (SSSR count). The first-order chi connectivity index (χ1) is 8.61. The molecule has 2 unspecified atom stereocenters. The predicted octanol–water partition coefficient (Wildman–Crippen LogP) is 2.79. The van der Waals surface area contributed by atoms with Gasteiger partial charge in [0.2, 0.25) is 0 Å². The van der Waals surface area contributed by atoms with Gasteiger partial charge >= 0.3 is 0 Å². The number of hydrogen-bond donors (Lipinski definition) is 1. The average Bonchev–Trinajstić information content (AvgIpc) is 2.53. The second kappa shape index (κ2) is 4.67. The molecule has 0 saturated carbocycles. The third kappa shape index (κ3) is 2.32. The van der Waals surface area contributed by atoms with Gasteiger partial charge in [0.1, 0.15) is 0 Å². The molecule has 18 heavy (non-hydrogen) atoms. The van der Waals surface area contributed by atoms with Crippen molar-refractivity contribution in [3.63, 3.8) is 0 Å². The van der Waals surface area contributed by atoms with E-state index in [0.717, 1.165) is 19.4 Å². The molecule has 2 nitrogen and oxygen atoms in total. The first-order valence-corrected chi connectivity index (χ1v) is 7.13. The van der Waals surface area contributed by atoms with Gasteiger partial charge in [-0.3, -0.25) is 4.90 Å². The van der Waals surface area contributed by atoms with E-state index >= 15 is 0 Å². The van der Waals surface area contributed by atoms with Crippen LogP contribution in [-0.2, 0) is 6.54 Å². The van der Waals surface area contributed by atoms with Gasteiger partial charge in [-0.15, -0.1) is 0 Å². The van der Waals surface area contributed by atoms with Crippen molar-refractivity contribution in [3.8, 4) is 0 Å². The molecule has 2 saturated heterocycles. The minimum Gasteiger partial charge on any atom is -0.393 e. The highest BCUT2D eigenvalue weighted by Gasteiger charge is 2.39. The molecule has 1 aromatic carbocycles. The minimum absolute atomic E-state index is 0.0574. The Morgan fingerprint density at radius 1 is 1.06 bits per heavy atom. The molecule has 2 atom stereocenters. The number of benzene rings is 1. The Labute approximate surface area is 110 Å². The molecule has 2 heterocycles. The summed E-state index contributed by atoms with van der Waals surface area (Å²) in [5, 5.41) is 9.84. The van der Waals surface area contributed by atoms with Crippen molar-refractivity contribution in [3.05, 3.63) is 34.9 Å². The van der Waals surface area contributed by atoms with Crippen LogP contribution in [0.1, 0.15) is 42.4 Å². The standard InChI is InChI=1S/C16H23NO/c1-11-5-12(2)7-13(6-11)10-17-14-3-4-15(17)9-16(18)8-14/h5-7,14-16,18H,3-4,8-10H2,1-2H3. The van der Waals surface area contributed by atoms with Gasteiger partial charge in [-0.1, -0.05) is 29.3 Å². The van der Waals surface area contributed by atoms with E-state index in [0.29, 0.717) is 12.1 Å². The van der Waals surface area contributed by atoms with E-state index in [4.69, 9.17) is 0 Å². The van der Waals surface area contributed by atoms with Gasteiger partial charge in [-0.2, -0.15) is 0 Å².